The van der Waals surface area contributed by atoms with E-state index in [0.717, 1.165) is 46.8 Å². The van der Waals surface area contributed by atoms with Gasteiger partial charge in [0, 0.05) is 30.4 Å². The number of aryl methyl sites for hydroxylation is 1. The Bertz CT molecular complexity index is 1790. The number of halogens is 3. The highest BCUT2D eigenvalue weighted by atomic mass is 35.5. The third-order valence-electron chi connectivity index (χ3n) is 7.65. The molecule has 0 atom stereocenters. The lowest BCUT2D eigenvalue weighted by Gasteiger charge is -2.29. The normalized spacial score (nSPS) is 17.6. The van der Waals surface area contributed by atoms with Crippen molar-refractivity contribution in [3.05, 3.63) is 81.3 Å². The summed E-state index contributed by atoms with van der Waals surface area (Å²) in [7, 11) is 0. The van der Waals surface area contributed by atoms with Gasteiger partial charge in [-0.25, -0.2) is 23.1 Å². The number of H-pyrrole nitrogens is 1. The number of carbonyl (C=O) groups is 1. The number of amides is 1. The fourth-order valence-corrected chi connectivity index (χ4v) is 5.74. The number of benzene rings is 1. The van der Waals surface area contributed by atoms with Gasteiger partial charge in [-0.1, -0.05) is 11.6 Å². The molecule has 4 aromatic heterocycles. The van der Waals surface area contributed by atoms with E-state index in [2.05, 4.69) is 25.5 Å². The van der Waals surface area contributed by atoms with Gasteiger partial charge in [0.15, 0.2) is 5.65 Å². The van der Waals surface area contributed by atoms with Gasteiger partial charge < -0.3 is 5.32 Å². The van der Waals surface area contributed by atoms with Crippen LogP contribution in [0.5, 0.6) is 0 Å². The van der Waals surface area contributed by atoms with Crippen LogP contribution in [-0.4, -0.2) is 41.2 Å². The summed E-state index contributed by atoms with van der Waals surface area (Å²) < 4.78 is 30.1. The summed E-state index contributed by atoms with van der Waals surface area (Å²) in [5.41, 5.74) is 2.84. The molecule has 0 bridgehead atoms. The van der Waals surface area contributed by atoms with Crippen LogP contribution in [0.15, 0.2) is 53.6 Å². The first-order chi connectivity index (χ1) is 19.3. The summed E-state index contributed by atoms with van der Waals surface area (Å²) >= 11 is 5.90. The largest absolute Gasteiger partial charge is 0.349 e. The van der Waals surface area contributed by atoms with Crippen LogP contribution >= 0.6 is 11.6 Å². The number of hydrogen-bond donors (Lipinski definition) is 2. The Labute approximate surface area is 232 Å². The predicted octanol–water partition coefficient (Wildman–Crippen LogP) is 5.35. The molecule has 1 fully saturated rings. The van der Waals surface area contributed by atoms with Crippen LogP contribution in [0.2, 0.25) is 5.02 Å². The molecule has 0 aliphatic heterocycles. The summed E-state index contributed by atoms with van der Waals surface area (Å²) in [5, 5.41) is 11.2. The molecule has 0 saturated heterocycles. The van der Waals surface area contributed by atoms with Gasteiger partial charge in [0.1, 0.15) is 5.69 Å². The van der Waals surface area contributed by atoms with Gasteiger partial charge in [0.25, 0.3) is 12.3 Å². The van der Waals surface area contributed by atoms with Gasteiger partial charge >= 0.3 is 5.69 Å². The highest BCUT2D eigenvalue weighted by molar-refractivity contribution is 6.30. The second-order valence-electron chi connectivity index (χ2n) is 10.2. The molecule has 1 aliphatic carbocycles. The Hall–Kier alpha value is -4.12. The topological polar surface area (TPSA) is 110 Å². The van der Waals surface area contributed by atoms with E-state index < -0.39 is 18.0 Å². The van der Waals surface area contributed by atoms with Crippen LogP contribution in [0, 0.1) is 12.8 Å². The molecule has 9 nitrogen and oxygen atoms in total. The minimum absolute atomic E-state index is 0.122. The molecule has 1 aliphatic rings. The van der Waals surface area contributed by atoms with Crippen LogP contribution < -0.4 is 11.0 Å². The van der Waals surface area contributed by atoms with Crippen molar-refractivity contribution in [2.75, 3.05) is 0 Å². The van der Waals surface area contributed by atoms with E-state index in [1.807, 2.05) is 37.3 Å². The van der Waals surface area contributed by atoms with Crippen molar-refractivity contribution in [2.45, 2.75) is 51.6 Å². The average Bonchev–Trinajstić information content (AvgIpc) is 3.45. The molecule has 2 N–H and O–H groups in total. The standard InChI is InChI=1S/C28H26ClF2N7O2/c1-15-20-12-19(8-9-22(20)36-35-15)38-26-23(3-2-10-32-26)37(28(38)40)14-16-4-6-18(7-5-16)34-27(39)21-11-17(29)13-33-24(21)25(30)31/h2-3,8-13,16,18,25H,4-7,14H2,1H3,(H,34,39)(H,35,36). The quantitative estimate of drug-likeness (QED) is 0.288. The first-order valence-electron chi connectivity index (χ1n) is 13.1. The molecule has 206 valence electrons. The minimum atomic E-state index is -2.88. The number of nitrogens with one attached hydrogen (secondary N) is 2. The second kappa shape index (κ2) is 10.5. The number of pyridine rings is 2. The third-order valence-corrected chi connectivity index (χ3v) is 7.85. The first kappa shape index (κ1) is 26.1. The van der Waals surface area contributed by atoms with E-state index in [1.165, 1.54) is 6.07 Å². The molecule has 40 heavy (non-hydrogen) atoms. The Morgan fingerprint density at radius 3 is 2.75 bits per heavy atom. The zero-order valence-corrected chi connectivity index (χ0v) is 22.3. The molecule has 0 spiro atoms. The number of fused-ring (bicyclic) bond motifs is 2. The summed E-state index contributed by atoms with van der Waals surface area (Å²) in [5.74, 6) is -0.405. The number of alkyl halides is 2. The molecule has 1 aromatic carbocycles. The van der Waals surface area contributed by atoms with Gasteiger partial charge in [-0.05, 0) is 74.9 Å². The van der Waals surface area contributed by atoms with Crippen molar-refractivity contribution >= 4 is 39.6 Å². The second-order valence-corrected chi connectivity index (χ2v) is 10.6. The maximum atomic E-state index is 13.7. The van der Waals surface area contributed by atoms with E-state index in [0.29, 0.717) is 25.0 Å². The SMILES string of the molecule is Cc1n[nH]c2ccc(-n3c(=O)n(CC4CCC(NC(=O)c5cc(Cl)cnc5C(F)F)CC4)c4cccnc43)cc12. The van der Waals surface area contributed by atoms with Crippen molar-refractivity contribution in [1.82, 2.24) is 34.6 Å². The molecule has 5 aromatic rings. The number of carbonyl (C=O) groups excluding carboxylic acids is 1. The number of imidazole rings is 1. The average molecular weight is 566 g/mol. The van der Waals surface area contributed by atoms with Crippen molar-refractivity contribution in [3.63, 3.8) is 0 Å². The molecule has 0 unspecified atom stereocenters. The van der Waals surface area contributed by atoms with Gasteiger partial charge in [-0.15, -0.1) is 0 Å². The molecule has 1 amide bonds. The lowest BCUT2D eigenvalue weighted by molar-refractivity contribution is 0.0904. The van der Waals surface area contributed by atoms with E-state index in [1.54, 1.807) is 15.3 Å². The summed E-state index contributed by atoms with van der Waals surface area (Å²) in [4.78, 5) is 34.7. The molecular weight excluding hydrogens is 540 g/mol. The van der Waals surface area contributed by atoms with E-state index >= 15 is 0 Å². The predicted molar refractivity (Wildman–Crippen MR) is 147 cm³/mol. The van der Waals surface area contributed by atoms with Crippen LogP contribution in [0.1, 0.15) is 53.9 Å². The van der Waals surface area contributed by atoms with Crippen molar-refractivity contribution in [2.24, 2.45) is 5.92 Å². The van der Waals surface area contributed by atoms with E-state index in [4.69, 9.17) is 11.6 Å². The van der Waals surface area contributed by atoms with Crippen LogP contribution in [0.25, 0.3) is 27.8 Å². The van der Waals surface area contributed by atoms with Gasteiger partial charge in [0.05, 0.1) is 33.0 Å². The molecule has 6 rings (SSSR count). The number of aromatic amines is 1. The van der Waals surface area contributed by atoms with Gasteiger partial charge in [0.2, 0.25) is 0 Å². The van der Waals surface area contributed by atoms with E-state index in [9.17, 15) is 18.4 Å². The molecule has 12 heteroatoms. The minimum Gasteiger partial charge on any atom is -0.349 e. The summed E-state index contributed by atoms with van der Waals surface area (Å²) in [6, 6.07) is 10.5. The van der Waals surface area contributed by atoms with Gasteiger partial charge in [-0.2, -0.15) is 5.10 Å². The fraction of sp³-hybridized carbons (Fsp3) is 0.321. The summed E-state index contributed by atoms with van der Waals surface area (Å²) in [6.07, 6.45) is 2.75. The lowest BCUT2D eigenvalue weighted by Crippen LogP contribution is -2.39. The Morgan fingerprint density at radius 2 is 1.98 bits per heavy atom. The van der Waals surface area contributed by atoms with Crippen molar-refractivity contribution in [1.29, 1.82) is 0 Å². The highest BCUT2D eigenvalue weighted by Gasteiger charge is 2.27. The zero-order chi connectivity index (χ0) is 28.0. The fourth-order valence-electron chi connectivity index (χ4n) is 5.58. The third kappa shape index (κ3) is 4.74. The van der Waals surface area contributed by atoms with Crippen LogP contribution in [0.4, 0.5) is 8.78 Å². The number of aromatic nitrogens is 6. The zero-order valence-electron chi connectivity index (χ0n) is 21.6. The Morgan fingerprint density at radius 1 is 1.18 bits per heavy atom. The smallest absolute Gasteiger partial charge is 0.334 e. The number of nitrogens with zero attached hydrogens (tertiary/aromatic N) is 5. The van der Waals surface area contributed by atoms with Crippen LogP contribution in [0.3, 0.4) is 0 Å². The Kier molecular flexibility index (Phi) is 6.83. The summed E-state index contributed by atoms with van der Waals surface area (Å²) in [6.45, 7) is 2.42. The number of rotatable bonds is 6. The first-order valence-corrected chi connectivity index (χ1v) is 13.4. The maximum absolute atomic E-state index is 13.7. The molecular formula is C28H26ClF2N7O2. The highest BCUT2D eigenvalue weighted by Crippen LogP contribution is 2.29. The Balaban J connectivity index is 1.20. The lowest BCUT2D eigenvalue weighted by atomic mass is 9.85. The van der Waals surface area contributed by atoms with Crippen LogP contribution in [-0.2, 0) is 6.54 Å². The molecule has 0 radical (unpaired) electrons. The number of hydrogen-bond acceptors (Lipinski definition) is 5. The van der Waals surface area contributed by atoms with Crippen molar-refractivity contribution in [3.8, 4) is 5.69 Å². The monoisotopic (exact) mass is 565 g/mol. The van der Waals surface area contributed by atoms with Gasteiger partial charge in [-0.3, -0.25) is 19.4 Å². The van der Waals surface area contributed by atoms with Crippen molar-refractivity contribution < 1.29 is 13.6 Å². The maximum Gasteiger partial charge on any atom is 0.334 e. The molecule has 1 saturated carbocycles. The molecule has 4 heterocycles. The van der Waals surface area contributed by atoms with E-state index in [-0.39, 0.29) is 28.2 Å².